The molecular weight excluding hydrogens is 591 g/mol. The van der Waals surface area contributed by atoms with Crippen LogP contribution in [0.1, 0.15) is 43.2 Å². The van der Waals surface area contributed by atoms with Crippen molar-refractivity contribution in [3.63, 3.8) is 0 Å². The quantitative estimate of drug-likeness (QED) is 0.175. The Hall–Kier alpha value is -5.14. The fraction of sp³-hybridized carbons (Fsp3) is 0.208. The lowest BCUT2D eigenvalue weighted by Gasteiger charge is -2.61. The minimum Gasteiger partial charge on any atom is -0.310 e. The van der Waals surface area contributed by atoms with Crippen LogP contribution in [0.2, 0.25) is 0 Å². The number of anilines is 3. The Labute approximate surface area is 288 Å². The largest absolute Gasteiger partial charge is 0.310 e. The van der Waals surface area contributed by atoms with E-state index in [2.05, 4.69) is 157 Å². The molecule has 4 fully saturated rings. The van der Waals surface area contributed by atoms with Crippen LogP contribution >= 0.6 is 0 Å². The Morgan fingerprint density at radius 1 is 0.408 bits per heavy atom. The number of rotatable bonds is 4. The lowest BCUT2D eigenvalue weighted by molar-refractivity contribution is -0.0399. The normalized spacial score (nSPS) is 24.4. The topological polar surface area (TPSA) is 3.24 Å². The molecule has 0 saturated heterocycles. The van der Waals surface area contributed by atoms with Crippen molar-refractivity contribution < 1.29 is 0 Å². The average molecular weight is 630 g/mol. The van der Waals surface area contributed by atoms with Gasteiger partial charge in [-0.25, -0.2) is 0 Å². The summed E-state index contributed by atoms with van der Waals surface area (Å²) in [6.07, 6.45) is 7.08. The smallest absolute Gasteiger partial charge is 0.0465 e. The van der Waals surface area contributed by atoms with Gasteiger partial charge in [0.15, 0.2) is 0 Å². The SMILES string of the molecule is c1ccc(N(c2ccc(-c3cc4ccccc4c4ccccc34)cc2)c2ccc3c(c2)C2(c4ccccc4-3)C3CC4CC(C3)CC2C4)cc1. The molecule has 12 rings (SSSR count). The van der Waals surface area contributed by atoms with Gasteiger partial charge >= 0.3 is 0 Å². The molecular formula is C48H39N. The van der Waals surface area contributed by atoms with E-state index in [0.29, 0.717) is 0 Å². The van der Waals surface area contributed by atoms with Gasteiger partial charge < -0.3 is 4.90 Å². The molecule has 0 amide bonds. The average Bonchev–Trinajstić information content (AvgIpc) is 3.44. The lowest BCUT2D eigenvalue weighted by atomic mass is 9.43. The van der Waals surface area contributed by atoms with Crippen LogP contribution in [-0.2, 0) is 5.41 Å². The van der Waals surface area contributed by atoms with Gasteiger partial charge in [0.05, 0.1) is 0 Å². The Balaban J connectivity index is 1.06. The van der Waals surface area contributed by atoms with E-state index in [1.807, 2.05) is 0 Å². The fourth-order valence-corrected chi connectivity index (χ4v) is 11.4. The van der Waals surface area contributed by atoms with Gasteiger partial charge in [-0.2, -0.15) is 0 Å². The third-order valence-electron chi connectivity index (χ3n) is 13.0. The summed E-state index contributed by atoms with van der Waals surface area (Å²) in [5.74, 6) is 3.38. The molecule has 0 N–H and O–H groups in total. The van der Waals surface area contributed by atoms with Gasteiger partial charge in [0, 0.05) is 22.5 Å². The van der Waals surface area contributed by atoms with Crippen molar-refractivity contribution in [3.05, 3.63) is 163 Å². The minimum absolute atomic E-state index is 0.151. The zero-order valence-electron chi connectivity index (χ0n) is 27.7. The summed E-state index contributed by atoms with van der Waals surface area (Å²) in [5, 5.41) is 5.20. The first-order chi connectivity index (χ1) is 24.3. The molecule has 1 nitrogen and oxygen atoms in total. The van der Waals surface area contributed by atoms with Crippen LogP contribution in [0.15, 0.2) is 152 Å². The van der Waals surface area contributed by atoms with Crippen LogP contribution in [0.3, 0.4) is 0 Å². The lowest BCUT2D eigenvalue weighted by Crippen LogP contribution is -2.55. The zero-order chi connectivity index (χ0) is 32.1. The summed E-state index contributed by atoms with van der Waals surface area (Å²) in [6, 6.07) is 57.1. The molecule has 49 heavy (non-hydrogen) atoms. The van der Waals surface area contributed by atoms with E-state index < -0.39 is 0 Å². The molecule has 5 aliphatic carbocycles. The highest BCUT2D eigenvalue weighted by Crippen LogP contribution is 2.69. The maximum atomic E-state index is 2.61. The second-order valence-corrected chi connectivity index (χ2v) is 15.4. The van der Waals surface area contributed by atoms with E-state index >= 15 is 0 Å². The number of hydrogen-bond acceptors (Lipinski definition) is 1. The van der Waals surface area contributed by atoms with Gasteiger partial charge in [0.25, 0.3) is 0 Å². The molecule has 4 saturated carbocycles. The Morgan fingerprint density at radius 3 is 1.78 bits per heavy atom. The predicted molar refractivity (Wildman–Crippen MR) is 205 cm³/mol. The molecule has 0 aromatic heterocycles. The van der Waals surface area contributed by atoms with Crippen molar-refractivity contribution in [1.29, 1.82) is 0 Å². The molecule has 1 heteroatoms. The predicted octanol–water partition coefficient (Wildman–Crippen LogP) is 12.9. The first kappa shape index (κ1) is 27.8. The number of benzene rings is 7. The van der Waals surface area contributed by atoms with Crippen LogP contribution in [0.5, 0.6) is 0 Å². The van der Waals surface area contributed by atoms with Crippen molar-refractivity contribution >= 4 is 38.6 Å². The van der Waals surface area contributed by atoms with E-state index in [-0.39, 0.29) is 5.41 Å². The van der Waals surface area contributed by atoms with Crippen LogP contribution in [0, 0.1) is 23.7 Å². The molecule has 0 heterocycles. The molecule has 236 valence electrons. The Morgan fingerprint density at radius 2 is 1.00 bits per heavy atom. The molecule has 7 aromatic rings. The molecule has 0 aliphatic heterocycles. The van der Waals surface area contributed by atoms with E-state index in [0.717, 1.165) is 23.7 Å². The summed E-state index contributed by atoms with van der Waals surface area (Å²) >= 11 is 0. The van der Waals surface area contributed by atoms with Crippen molar-refractivity contribution in [3.8, 4) is 22.3 Å². The number of para-hydroxylation sites is 1. The Kier molecular flexibility index (Phi) is 5.91. The van der Waals surface area contributed by atoms with Crippen molar-refractivity contribution in [1.82, 2.24) is 0 Å². The van der Waals surface area contributed by atoms with Gasteiger partial charge in [0.1, 0.15) is 0 Å². The van der Waals surface area contributed by atoms with Gasteiger partial charge in [-0.15, -0.1) is 0 Å². The third-order valence-corrected chi connectivity index (χ3v) is 13.0. The molecule has 0 radical (unpaired) electrons. The van der Waals surface area contributed by atoms with Gasteiger partial charge in [-0.1, -0.05) is 109 Å². The highest BCUT2D eigenvalue weighted by atomic mass is 15.1. The Bertz CT molecular complexity index is 2370. The molecule has 7 aromatic carbocycles. The molecule has 1 spiro atoms. The molecule has 0 atom stereocenters. The van der Waals surface area contributed by atoms with Crippen molar-refractivity contribution in [2.24, 2.45) is 23.7 Å². The van der Waals surface area contributed by atoms with Gasteiger partial charge in [-0.3, -0.25) is 0 Å². The summed E-state index contributed by atoms with van der Waals surface area (Å²) in [6.45, 7) is 0. The summed E-state index contributed by atoms with van der Waals surface area (Å²) in [7, 11) is 0. The maximum Gasteiger partial charge on any atom is 0.0465 e. The maximum absolute atomic E-state index is 2.61. The highest BCUT2D eigenvalue weighted by Gasteiger charge is 2.61. The fourth-order valence-electron chi connectivity index (χ4n) is 11.4. The molecule has 4 bridgehead atoms. The third kappa shape index (κ3) is 3.93. The van der Waals surface area contributed by atoms with E-state index in [1.54, 1.807) is 11.1 Å². The van der Waals surface area contributed by atoms with Crippen LogP contribution in [0.4, 0.5) is 17.1 Å². The first-order valence-electron chi connectivity index (χ1n) is 18.4. The number of hydrogen-bond donors (Lipinski definition) is 0. The summed E-state index contributed by atoms with van der Waals surface area (Å²) in [4.78, 5) is 2.48. The van der Waals surface area contributed by atoms with Crippen molar-refractivity contribution in [2.45, 2.75) is 37.5 Å². The summed E-state index contributed by atoms with van der Waals surface area (Å²) < 4.78 is 0. The van der Waals surface area contributed by atoms with Crippen LogP contribution < -0.4 is 4.90 Å². The monoisotopic (exact) mass is 629 g/mol. The zero-order valence-corrected chi connectivity index (χ0v) is 27.7. The van der Waals surface area contributed by atoms with Crippen LogP contribution in [0.25, 0.3) is 43.8 Å². The summed E-state index contributed by atoms with van der Waals surface area (Å²) in [5.41, 5.74) is 12.5. The molecule has 0 unspecified atom stereocenters. The van der Waals surface area contributed by atoms with E-state index in [9.17, 15) is 0 Å². The highest BCUT2D eigenvalue weighted by molar-refractivity contribution is 6.13. The van der Waals surface area contributed by atoms with Gasteiger partial charge in [-0.05, 0) is 153 Å². The standard InChI is InChI=1S/C48H39N/c1-2-11-37(12-3-1)49(38-20-18-33(19-21-38)45-29-34-10-4-5-13-40(34)41-14-6-7-15-42(41)45)39-22-23-44-43-16-8-9-17-46(43)48(47(44)30-39)35-25-31-24-32(27-35)28-36(48)26-31/h1-23,29-32,35-36H,24-28H2. The van der Waals surface area contributed by atoms with E-state index in [1.165, 1.54) is 93.0 Å². The van der Waals surface area contributed by atoms with Gasteiger partial charge in [0.2, 0.25) is 0 Å². The van der Waals surface area contributed by atoms with Crippen molar-refractivity contribution in [2.75, 3.05) is 4.90 Å². The van der Waals surface area contributed by atoms with Crippen LogP contribution in [-0.4, -0.2) is 0 Å². The second-order valence-electron chi connectivity index (χ2n) is 15.4. The number of fused-ring (bicyclic) bond motifs is 6. The first-order valence-corrected chi connectivity index (χ1v) is 18.4. The second kappa shape index (κ2) is 10.4. The minimum atomic E-state index is 0.151. The van der Waals surface area contributed by atoms with E-state index in [4.69, 9.17) is 0 Å². The molecule has 5 aliphatic rings. The number of nitrogens with zero attached hydrogens (tertiary/aromatic N) is 1.